The van der Waals surface area contributed by atoms with E-state index in [1.807, 2.05) is 61.1 Å². The van der Waals surface area contributed by atoms with Gasteiger partial charge in [-0.25, -0.2) is 9.37 Å². The highest BCUT2D eigenvalue weighted by molar-refractivity contribution is 6.01. The second kappa shape index (κ2) is 13.4. The molecule has 7 aromatic rings. The Kier molecular flexibility index (Phi) is 8.36. The Labute approximate surface area is 278 Å². The van der Waals surface area contributed by atoms with Crippen molar-refractivity contribution in [3.8, 4) is 39.4 Å². The van der Waals surface area contributed by atoms with Crippen LogP contribution in [0, 0.1) is 5.82 Å². The van der Waals surface area contributed by atoms with Crippen molar-refractivity contribution in [3.63, 3.8) is 0 Å². The van der Waals surface area contributed by atoms with E-state index in [2.05, 4.69) is 65.7 Å². The number of nitrogens with one attached hydrogen (secondary N) is 3. The third-order valence-electron chi connectivity index (χ3n) is 9.03. The first-order valence-electron chi connectivity index (χ1n) is 16.5. The van der Waals surface area contributed by atoms with Gasteiger partial charge in [-0.15, -0.1) is 0 Å². The van der Waals surface area contributed by atoms with Crippen LogP contribution in [-0.4, -0.2) is 56.3 Å². The van der Waals surface area contributed by atoms with Crippen molar-refractivity contribution in [2.45, 2.75) is 25.9 Å². The normalized spacial score (nSPS) is 13.5. The summed E-state index contributed by atoms with van der Waals surface area (Å²) in [7, 11) is 0. The number of aromatic amines is 2. The fraction of sp³-hybridized carbons (Fsp3) is 0.205. The van der Waals surface area contributed by atoms with Gasteiger partial charge in [0.2, 0.25) is 0 Å². The highest BCUT2D eigenvalue weighted by Gasteiger charge is 2.16. The van der Waals surface area contributed by atoms with Crippen LogP contribution in [0.4, 0.5) is 4.39 Å². The first-order valence-corrected chi connectivity index (χ1v) is 16.5. The fourth-order valence-corrected chi connectivity index (χ4v) is 6.59. The predicted octanol–water partition coefficient (Wildman–Crippen LogP) is 7.74. The Morgan fingerprint density at radius 3 is 2.54 bits per heavy atom. The van der Waals surface area contributed by atoms with Crippen LogP contribution in [0.2, 0.25) is 0 Å². The van der Waals surface area contributed by atoms with Crippen molar-refractivity contribution in [2.24, 2.45) is 0 Å². The maximum Gasteiger partial charge on any atom is 0.181 e. The minimum absolute atomic E-state index is 0.319. The minimum atomic E-state index is -0.319. The van der Waals surface area contributed by atoms with E-state index in [4.69, 9.17) is 4.74 Å². The summed E-state index contributed by atoms with van der Waals surface area (Å²) in [5.74, 6) is 0.223. The second-order valence-electron chi connectivity index (χ2n) is 12.4. The standard InChI is InChI=1S/C39H36FN7O/c40-31-16-28(17-32(19-31)48-14-13-47-11-4-5-12-47)33-9-6-10-36-34(33)20-37(44-36)38-35-18-30(25-43-39(35)46-45-38)29-15-27(23-42-24-29)22-41-21-26-7-2-1-3-8-26/h1-3,6-10,15-20,23-25,41,44H,4-5,11-14,21-22H2,(H,43,45,46). The molecule has 0 radical (unpaired) electrons. The van der Waals surface area contributed by atoms with Crippen molar-refractivity contribution < 1.29 is 9.13 Å². The third kappa shape index (κ3) is 6.43. The molecule has 3 N–H and O–H groups in total. The van der Waals surface area contributed by atoms with Crippen LogP contribution in [-0.2, 0) is 13.1 Å². The second-order valence-corrected chi connectivity index (χ2v) is 12.4. The van der Waals surface area contributed by atoms with Gasteiger partial charge in [-0.3, -0.25) is 15.0 Å². The molecule has 1 saturated heterocycles. The fourth-order valence-electron chi connectivity index (χ4n) is 6.59. The van der Waals surface area contributed by atoms with Gasteiger partial charge in [0.15, 0.2) is 5.65 Å². The Morgan fingerprint density at radius 2 is 1.65 bits per heavy atom. The lowest BCUT2D eigenvalue weighted by molar-refractivity contribution is 0.237. The van der Waals surface area contributed by atoms with Crippen LogP contribution in [0.1, 0.15) is 24.0 Å². The smallest absolute Gasteiger partial charge is 0.181 e. The lowest BCUT2D eigenvalue weighted by Crippen LogP contribution is -2.25. The van der Waals surface area contributed by atoms with Gasteiger partial charge in [-0.2, -0.15) is 5.10 Å². The molecule has 48 heavy (non-hydrogen) atoms. The largest absolute Gasteiger partial charge is 0.492 e. The molecule has 5 heterocycles. The molecular weight excluding hydrogens is 601 g/mol. The van der Waals surface area contributed by atoms with E-state index in [1.54, 1.807) is 6.07 Å². The molecule has 240 valence electrons. The summed E-state index contributed by atoms with van der Waals surface area (Å²) in [5.41, 5.74) is 9.24. The summed E-state index contributed by atoms with van der Waals surface area (Å²) in [6, 6.07) is 27.7. The van der Waals surface area contributed by atoms with Gasteiger partial charge in [0, 0.05) is 71.7 Å². The molecule has 8 rings (SSSR count). The third-order valence-corrected chi connectivity index (χ3v) is 9.03. The summed E-state index contributed by atoms with van der Waals surface area (Å²) in [5, 5.41) is 13.1. The zero-order valence-electron chi connectivity index (χ0n) is 26.5. The van der Waals surface area contributed by atoms with Gasteiger partial charge in [-0.05, 0) is 84.6 Å². The molecule has 9 heteroatoms. The van der Waals surface area contributed by atoms with Crippen molar-refractivity contribution in [1.82, 2.24) is 35.4 Å². The number of ether oxygens (including phenoxy) is 1. The molecule has 8 nitrogen and oxygen atoms in total. The van der Waals surface area contributed by atoms with Crippen molar-refractivity contribution >= 4 is 21.9 Å². The number of H-pyrrole nitrogens is 2. The predicted molar refractivity (Wildman–Crippen MR) is 188 cm³/mol. The van der Waals surface area contributed by atoms with Crippen LogP contribution in [0.25, 0.3) is 55.6 Å². The van der Waals surface area contributed by atoms with Gasteiger partial charge in [-0.1, -0.05) is 42.5 Å². The highest BCUT2D eigenvalue weighted by atomic mass is 19.1. The highest BCUT2D eigenvalue weighted by Crippen LogP contribution is 2.36. The van der Waals surface area contributed by atoms with Crippen LogP contribution in [0.5, 0.6) is 5.75 Å². The minimum Gasteiger partial charge on any atom is -0.492 e. The van der Waals surface area contributed by atoms with Crippen LogP contribution in [0.3, 0.4) is 0 Å². The number of pyridine rings is 2. The molecule has 1 aliphatic rings. The van der Waals surface area contributed by atoms with Gasteiger partial charge < -0.3 is 15.0 Å². The number of benzene rings is 3. The van der Waals surface area contributed by atoms with E-state index in [9.17, 15) is 4.39 Å². The molecule has 1 aliphatic heterocycles. The lowest BCUT2D eigenvalue weighted by atomic mass is 10.0. The Balaban J connectivity index is 1.05. The number of aromatic nitrogens is 5. The Bertz CT molecular complexity index is 2190. The van der Waals surface area contributed by atoms with Crippen LogP contribution >= 0.6 is 0 Å². The summed E-state index contributed by atoms with van der Waals surface area (Å²) < 4.78 is 20.9. The summed E-state index contributed by atoms with van der Waals surface area (Å²) in [6.07, 6.45) is 8.06. The van der Waals surface area contributed by atoms with Gasteiger partial charge in [0.05, 0.1) is 11.4 Å². The molecule has 3 aromatic carbocycles. The number of likely N-dealkylation sites (tertiary alicyclic amines) is 1. The number of nitrogens with zero attached hydrogens (tertiary/aromatic N) is 4. The van der Waals surface area contributed by atoms with Crippen molar-refractivity contribution in [3.05, 3.63) is 120 Å². The average molecular weight is 638 g/mol. The molecule has 0 unspecified atom stereocenters. The summed E-state index contributed by atoms with van der Waals surface area (Å²) in [4.78, 5) is 15.1. The van der Waals surface area contributed by atoms with E-state index in [0.29, 0.717) is 24.5 Å². The maximum absolute atomic E-state index is 14.9. The molecule has 0 atom stereocenters. The molecule has 4 aromatic heterocycles. The van der Waals surface area contributed by atoms with Gasteiger partial charge in [0.25, 0.3) is 0 Å². The van der Waals surface area contributed by atoms with E-state index < -0.39 is 0 Å². The van der Waals surface area contributed by atoms with Gasteiger partial charge >= 0.3 is 0 Å². The maximum atomic E-state index is 14.9. The monoisotopic (exact) mass is 637 g/mol. The Morgan fingerprint density at radius 1 is 0.792 bits per heavy atom. The molecule has 0 amide bonds. The number of hydrogen-bond donors (Lipinski definition) is 3. The van der Waals surface area contributed by atoms with E-state index in [1.165, 1.54) is 24.5 Å². The number of rotatable bonds is 11. The van der Waals surface area contributed by atoms with Crippen LogP contribution < -0.4 is 10.1 Å². The molecule has 0 bridgehead atoms. The van der Waals surface area contributed by atoms with Crippen LogP contribution in [0.15, 0.2) is 104 Å². The SMILES string of the molecule is Fc1cc(OCCN2CCCC2)cc(-c2cccc3[nH]c(-c4[nH]nc5ncc(-c6cncc(CNCc7ccccc7)c6)cc45)cc23)c1. The number of hydrogen-bond acceptors (Lipinski definition) is 6. The zero-order valence-corrected chi connectivity index (χ0v) is 26.5. The Hall–Kier alpha value is -5.38. The first-order chi connectivity index (χ1) is 23.7. The molecule has 0 aliphatic carbocycles. The number of fused-ring (bicyclic) bond motifs is 2. The first kappa shape index (κ1) is 30.0. The topological polar surface area (TPSA) is 94.8 Å². The number of halogens is 1. The summed E-state index contributed by atoms with van der Waals surface area (Å²) in [6.45, 7) is 5.10. The zero-order chi connectivity index (χ0) is 32.3. The van der Waals surface area contributed by atoms with Crippen molar-refractivity contribution in [2.75, 3.05) is 26.2 Å². The van der Waals surface area contributed by atoms with E-state index >= 15 is 0 Å². The lowest BCUT2D eigenvalue weighted by Gasteiger charge is -2.15. The summed E-state index contributed by atoms with van der Waals surface area (Å²) >= 11 is 0. The molecule has 0 spiro atoms. The van der Waals surface area contributed by atoms with Crippen molar-refractivity contribution in [1.29, 1.82) is 0 Å². The quantitative estimate of drug-likeness (QED) is 0.134. The molecule has 0 saturated carbocycles. The van der Waals surface area contributed by atoms with Gasteiger partial charge in [0.1, 0.15) is 18.2 Å². The average Bonchev–Trinajstić information content (AvgIpc) is 3.88. The molecule has 1 fully saturated rings. The van der Waals surface area contributed by atoms with E-state index in [-0.39, 0.29) is 5.82 Å². The molecular formula is C39H36FN7O. The van der Waals surface area contributed by atoms with E-state index in [0.717, 1.165) is 81.7 Å².